The maximum atomic E-state index is 12.8. The molecule has 3 heterocycles. The van der Waals surface area contributed by atoms with Crippen LogP contribution in [0, 0.1) is 0 Å². The number of anilines is 1. The van der Waals surface area contributed by atoms with Crippen LogP contribution < -0.4 is 5.32 Å². The quantitative estimate of drug-likeness (QED) is 0.751. The molecule has 6 nitrogen and oxygen atoms in total. The van der Waals surface area contributed by atoms with Crippen molar-refractivity contribution in [1.29, 1.82) is 0 Å². The Bertz CT molecular complexity index is 875. The smallest absolute Gasteiger partial charge is 0.244 e. The third-order valence-electron chi connectivity index (χ3n) is 5.85. The molecule has 0 bridgehead atoms. The van der Waals surface area contributed by atoms with Crippen LogP contribution in [0.25, 0.3) is 0 Å². The highest BCUT2D eigenvalue weighted by atomic mass is 32.2. The number of sulfonamides is 1. The fourth-order valence-corrected chi connectivity index (χ4v) is 5.66. The van der Waals surface area contributed by atoms with Gasteiger partial charge in [-0.25, -0.2) is 13.4 Å². The number of hydrogen-bond donors (Lipinski definition) is 1. The fraction of sp³-hybridized carbons (Fsp3) is 0.500. The van der Waals surface area contributed by atoms with Gasteiger partial charge in [0.05, 0.1) is 6.04 Å². The average Bonchev–Trinajstić information content (AvgIpc) is 3.28. The SMILES string of the molecule is O=S(=O)(c1ccc(NC(CN2CCCC2)c2ccccc2)nc1)N1CCCCC1. The molecular formula is C22H30N4O2S. The van der Waals surface area contributed by atoms with Gasteiger partial charge in [-0.2, -0.15) is 4.31 Å². The predicted molar refractivity (Wildman–Crippen MR) is 115 cm³/mol. The van der Waals surface area contributed by atoms with Gasteiger partial charge in [-0.3, -0.25) is 0 Å². The van der Waals surface area contributed by atoms with Gasteiger partial charge in [0.2, 0.25) is 10.0 Å². The van der Waals surface area contributed by atoms with E-state index in [4.69, 9.17) is 0 Å². The first-order chi connectivity index (χ1) is 14.1. The van der Waals surface area contributed by atoms with Crippen molar-refractivity contribution in [3.05, 3.63) is 54.2 Å². The molecule has 0 aliphatic carbocycles. The number of nitrogens with zero attached hydrogens (tertiary/aromatic N) is 3. The lowest BCUT2D eigenvalue weighted by Gasteiger charge is -2.26. The van der Waals surface area contributed by atoms with Crippen LogP contribution in [0.2, 0.25) is 0 Å². The topological polar surface area (TPSA) is 65.5 Å². The summed E-state index contributed by atoms with van der Waals surface area (Å²) in [6, 6.07) is 14.0. The lowest BCUT2D eigenvalue weighted by atomic mass is 10.1. The fourth-order valence-electron chi connectivity index (χ4n) is 4.19. The standard InChI is InChI=1S/C22H30N4O2S/c27-29(28,26-15-5-2-6-16-26)20-11-12-22(23-17-20)24-21(18-25-13-7-8-14-25)19-9-3-1-4-10-19/h1,3-4,9-12,17,21H,2,5-8,13-16,18H2,(H,23,24). The van der Waals surface area contributed by atoms with Gasteiger partial charge in [0.25, 0.3) is 0 Å². The Kier molecular flexibility index (Phi) is 6.47. The monoisotopic (exact) mass is 414 g/mol. The second-order valence-corrected chi connectivity index (χ2v) is 9.90. The van der Waals surface area contributed by atoms with E-state index in [2.05, 4.69) is 39.5 Å². The van der Waals surface area contributed by atoms with Crippen molar-refractivity contribution < 1.29 is 8.42 Å². The lowest BCUT2D eigenvalue weighted by molar-refractivity contribution is 0.323. The van der Waals surface area contributed by atoms with E-state index < -0.39 is 10.0 Å². The van der Waals surface area contributed by atoms with E-state index in [0.29, 0.717) is 18.9 Å². The Labute approximate surface area is 174 Å². The maximum Gasteiger partial charge on any atom is 0.244 e. The zero-order chi connectivity index (χ0) is 20.1. The molecule has 156 valence electrons. The highest BCUT2D eigenvalue weighted by Gasteiger charge is 2.26. The predicted octanol–water partition coefficient (Wildman–Crippen LogP) is 3.51. The maximum absolute atomic E-state index is 12.8. The molecule has 1 unspecified atom stereocenters. The van der Waals surface area contributed by atoms with E-state index in [1.165, 1.54) is 24.6 Å². The second-order valence-electron chi connectivity index (χ2n) is 7.96. The average molecular weight is 415 g/mol. The Balaban J connectivity index is 1.49. The van der Waals surface area contributed by atoms with Crippen LogP contribution in [0.5, 0.6) is 0 Å². The minimum absolute atomic E-state index is 0.117. The van der Waals surface area contributed by atoms with Crippen molar-refractivity contribution in [1.82, 2.24) is 14.2 Å². The van der Waals surface area contributed by atoms with Crippen molar-refractivity contribution >= 4 is 15.8 Å². The number of rotatable bonds is 7. The molecule has 2 fully saturated rings. The third-order valence-corrected chi connectivity index (χ3v) is 7.73. The largest absolute Gasteiger partial charge is 0.362 e. The molecule has 2 aromatic rings. The summed E-state index contributed by atoms with van der Waals surface area (Å²) in [6.07, 6.45) is 6.96. The van der Waals surface area contributed by atoms with E-state index in [0.717, 1.165) is 38.9 Å². The first kappa shape index (κ1) is 20.3. The van der Waals surface area contributed by atoms with Gasteiger partial charge in [-0.15, -0.1) is 0 Å². The van der Waals surface area contributed by atoms with Crippen LogP contribution >= 0.6 is 0 Å². The number of aromatic nitrogens is 1. The van der Waals surface area contributed by atoms with E-state index in [1.807, 2.05) is 6.07 Å². The minimum Gasteiger partial charge on any atom is -0.362 e. The number of pyridine rings is 1. The van der Waals surface area contributed by atoms with E-state index in [-0.39, 0.29) is 10.9 Å². The summed E-state index contributed by atoms with van der Waals surface area (Å²) in [6.45, 7) is 4.39. The Morgan fingerprint density at radius 2 is 1.59 bits per heavy atom. The second kappa shape index (κ2) is 9.24. The summed E-state index contributed by atoms with van der Waals surface area (Å²) in [5.74, 6) is 0.704. The third kappa shape index (κ3) is 4.97. The van der Waals surface area contributed by atoms with E-state index in [1.54, 1.807) is 16.4 Å². The summed E-state index contributed by atoms with van der Waals surface area (Å²) >= 11 is 0. The van der Waals surface area contributed by atoms with E-state index in [9.17, 15) is 8.42 Å². The summed E-state index contributed by atoms with van der Waals surface area (Å²) in [7, 11) is -3.44. The van der Waals surface area contributed by atoms with Crippen molar-refractivity contribution in [3.63, 3.8) is 0 Å². The molecular weight excluding hydrogens is 384 g/mol. The summed E-state index contributed by atoms with van der Waals surface area (Å²) in [5, 5.41) is 3.52. The van der Waals surface area contributed by atoms with Gasteiger partial charge in [-0.05, 0) is 56.5 Å². The van der Waals surface area contributed by atoms with Crippen molar-refractivity contribution in [2.45, 2.75) is 43.0 Å². The van der Waals surface area contributed by atoms with Crippen LogP contribution in [0.1, 0.15) is 43.7 Å². The van der Waals surface area contributed by atoms with Gasteiger partial charge in [0.1, 0.15) is 10.7 Å². The summed E-state index contributed by atoms with van der Waals surface area (Å²) < 4.78 is 27.2. The van der Waals surface area contributed by atoms with Crippen LogP contribution in [-0.4, -0.2) is 55.3 Å². The first-order valence-electron chi connectivity index (χ1n) is 10.6. The highest BCUT2D eigenvalue weighted by molar-refractivity contribution is 7.89. The number of likely N-dealkylation sites (tertiary alicyclic amines) is 1. The van der Waals surface area contributed by atoms with E-state index >= 15 is 0 Å². The van der Waals surface area contributed by atoms with Gasteiger partial charge in [-0.1, -0.05) is 36.8 Å². The molecule has 1 aromatic carbocycles. The molecule has 29 heavy (non-hydrogen) atoms. The molecule has 2 aliphatic heterocycles. The molecule has 1 aromatic heterocycles. The molecule has 0 radical (unpaired) electrons. The highest BCUT2D eigenvalue weighted by Crippen LogP contribution is 2.24. The van der Waals surface area contributed by atoms with Crippen molar-refractivity contribution in [2.24, 2.45) is 0 Å². The summed E-state index contributed by atoms with van der Waals surface area (Å²) in [5.41, 5.74) is 1.21. The minimum atomic E-state index is -3.44. The Hall–Kier alpha value is -1.96. The zero-order valence-electron chi connectivity index (χ0n) is 16.8. The first-order valence-corrected chi connectivity index (χ1v) is 12.1. The Morgan fingerprint density at radius 1 is 0.897 bits per heavy atom. The zero-order valence-corrected chi connectivity index (χ0v) is 17.7. The molecule has 1 N–H and O–H groups in total. The molecule has 4 rings (SSSR count). The molecule has 2 aliphatic rings. The van der Waals surface area contributed by atoms with Gasteiger partial charge < -0.3 is 10.2 Å². The molecule has 1 atom stereocenters. The molecule has 0 saturated carbocycles. The number of benzene rings is 1. The number of hydrogen-bond acceptors (Lipinski definition) is 5. The Morgan fingerprint density at radius 3 is 2.24 bits per heavy atom. The van der Waals surface area contributed by atoms with Gasteiger partial charge >= 0.3 is 0 Å². The van der Waals surface area contributed by atoms with Crippen LogP contribution in [-0.2, 0) is 10.0 Å². The van der Waals surface area contributed by atoms with Crippen LogP contribution in [0.15, 0.2) is 53.6 Å². The molecule has 0 spiro atoms. The molecule has 7 heteroatoms. The van der Waals surface area contributed by atoms with Crippen LogP contribution in [0.4, 0.5) is 5.82 Å². The lowest BCUT2D eigenvalue weighted by Crippen LogP contribution is -2.35. The van der Waals surface area contributed by atoms with Gasteiger partial charge in [0, 0.05) is 25.8 Å². The molecule has 2 saturated heterocycles. The summed E-state index contributed by atoms with van der Waals surface area (Å²) in [4.78, 5) is 7.19. The van der Waals surface area contributed by atoms with Gasteiger partial charge in [0.15, 0.2) is 0 Å². The molecule has 0 amide bonds. The van der Waals surface area contributed by atoms with Crippen molar-refractivity contribution in [3.8, 4) is 0 Å². The normalized spacial score (nSPS) is 19.9. The number of nitrogens with one attached hydrogen (secondary N) is 1. The number of piperidine rings is 1. The van der Waals surface area contributed by atoms with Crippen molar-refractivity contribution in [2.75, 3.05) is 38.0 Å². The van der Waals surface area contributed by atoms with Crippen LogP contribution in [0.3, 0.4) is 0 Å².